The molecule has 0 unspecified atom stereocenters. The predicted molar refractivity (Wildman–Crippen MR) is 116 cm³/mol. The average molecular weight is 373 g/mol. The van der Waals surface area contributed by atoms with Crippen LogP contribution in [0, 0.1) is 0 Å². The summed E-state index contributed by atoms with van der Waals surface area (Å²) >= 11 is 0. The molecule has 2 heterocycles. The standard InChI is InChI=1S/C24H28N4/c1-3-9-21-17(7-1)13-19(27-21)15-25-23-11-5-6-12-24(23)26-16-20-14-18-8-2-4-10-22(18)28-20/h1-4,7-10,13-14,23-28H,5-6,11-12,15-16H2/t23-,24-/m1/s1. The first-order chi connectivity index (χ1) is 13.8. The van der Waals surface area contributed by atoms with Crippen molar-refractivity contribution in [2.75, 3.05) is 0 Å². The number of aromatic nitrogens is 2. The molecule has 4 aromatic rings. The number of hydrogen-bond donors (Lipinski definition) is 4. The van der Waals surface area contributed by atoms with E-state index >= 15 is 0 Å². The van der Waals surface area contributed by atoms with Crippen molar-refractivity contribution >= 4 is 21.8 Å². The molecular formula is C24H28N4. The van der Waals surface area contributed by atoms with Gasteiger partial charge in [0.15, 0.2) is 0 Å². The molecule has 0 radical (unpaired) electrons. The second-order valence-electron chi connectivity index (χ2n) is 8.02. The summed E-state index contributed by atoms with van der Waals surface area (Å²) in [6.45, 7) is 1.79. The highest BCUT2D eigenvalue weighted by Crippen LogP contribution is 2.21. The molecule has 2 atom stereocenters. The Morgan fingerprint density at radius 2 is 1.14 bits per heavy atom. The third kappa shape index (κ3) is 3.71. The van der Waals surface area contributed by atoms with Gasteiger partial charge in [-0.1, -0.05) is 49.2 Å². The largest absolute Gasteiger partial charge is 0.357 e. The van der Waals surface area contributed by atoms with Gasteiger partial charge in [0.2, 0.25) is 0 Å². The third-order valence-corrected chi connectivity index (χ3v) is 6.05. The van der Waals surface area contributed by atoms with Gasteiger partial charge in [-0.3, -0.25) is 0 Å². The van der Waals surface area contributed by atoms with Gasteiger partial charge in [0.05, 0.1) is 0 Å². The van der Waals surface area contributed by atoms with Crippen LogP contribution in [0.1, 0.15) is 37.1 Å². The van der Waals surface area contributed by atoms with Crippen LogP contribution >= 0.6 is 0 Å². The molecule has 5 rings (SSSR count). The molecule has 0 aliphatic heterocycles. The molecule has 2 aromatic heterocycles. The molecule has 0 amide bonds. The van der Waals surface area contributed by atoms with Crippen molar-refractivity contribution < 1.29 is 0 Å². The van der Waals surface area contributed by atoms with E-state index in [2.05, 4.69) is 81.3 Å². The molecule has 1 aliphatic carbocycles. The Morgan fingerprint density at radius 3 is 1.61 bits per heavy atom. The van der Waals surface area contributed by atoms with E-state index in [-0.39, 0.29) is 0 Å². The number of benzene rings is 2. The lowest BCUT2D eigenvalue weighted by Crippen LogP contribution is -2.49. The van der Waals surface area contributed by atoms with Crippen LogP contribution < -0.4 is 10.6 Å². The quantitative estimate of drug-likeness (QED) is 0.391. The summed E-state index contributed by atoms with van der Waals surface area (Å²) in [5.74, 6) is 0. The lowest BCUT2D eigenvalue weighted by atomic mass is 9.90. The number of rotatable bonds is 6. The third-order valence-electron chi connectivity index (χ3n) is 6.05. The molecule has 1 saturated carbocycles. The van der Waals surface area contributed by atoms with Gasteiger partial charge in [0, 0.05) is 47.6 Å². The van der Waals surface area contributed by atoms with Crippen molar-refractivity contribution in [3.05, 3.63) is 72.1 Å². The van der Waals surface area contributed by atoms with Crippen LogP contribution in [0.3, 0.4) is 0 Å². The molecule has 0 saturated heterocycles. The molecule has 1 aliphatic rings. The number of fused-ring (bicyclic) bond motifs is 2. The fraction of sp³-hybridized carbons (Fsp3) is 0.333. The topological polar surface area (TPSA) is 55.6 Å². The van der Waals surface area contributed by atoms with E-state index in [0.717, 1.165) is 13.1 Å². The van der Waals surface area contributed by atoms with Crippen LogP contribution in [-0.2, 0) is 13.1 Å². The number of aromatic amines is 2. The Balaban J connectivity index is 1.21. The summed E-state index contributed by atoms with van der Waals surface area (Å²) in [5.41, 5.74) is 4.97. The summed E-state index contributed by atoms with van der Waals surface area (Å²) in [5, 5.41) is 10.2. The van der Waals surface area contributed by atoms with Gasteiger partial charge >= 0.3 is 0 Å². The van der Waals surface area contributed by atoms with Crippen LogP contribution in [0.2, 0.25) is 0 Å². The number of nitrogens with one attached hydrogen (secondary N) is 4. The molecule has 0 bridgehead atoms. The number of H-pyrrole nitrogens is 2. The highest BCUT2D eigenvalue weighted by atomic mass is 15.0. The monoisotopic (exact) mass is 372 g/mol. The Kier molecular flexibility index (Phi) is 4.90. The molecule has 4 N–H and O–H groups in total. The van der Waals surface area contributed by atoms with Crippen LogP contribution in [0.15, 0.2) is 60.7 Å². The minimum absolute atomic E-state index is 0.518. The van der Waals surface area contributed by atoms with E-state index in [1.807, 2.05) is 0 Å². The molecule has 0 spiro atoms. The van der Waals surface area contributed by atoms with Gasteiger partial charge in [-0.05, 0) is 47.9 Å². The summed E-state index contributed by atoms with van der Waals surface area (Å²) in [6, 6.07) is 22.5. The zero-order chi connectivity index (χ0) is 18.8. The summed E-state index contributed by atoms with van der Waals surface area (Å²) in [4.78, 5) is 7.07. The van der Waals surface area contributed by atoms with Gasteiger partial charge < -0.3 is 20.6 Å². The minimum Gasteiger partial charge on any atom is -0.357 e. The second-order valence-corrected chi connectivity index (χ2v) is 8.02. The zero-order valence-electron chi connectivity index (χ0n) is 16.2. The maximum absolute atomic E-state index is 3.81. The Labute approximate surface area is 165 Å². The molecule has 2 aromatic carbocycles. The van der Waals surface area contributed by atoms with Gasteiger partial charge in [0.25, 0.3) is 0 Å². The highest BCUT2D eigenvalue weighted by Gasteiger charge is 2.24. The van der Waals surface area contributed by atoms with Crippen molar-refractivity contribution in [1.82, 2.24) is 20.6 Å². The maximum Gasteiger partial charge on any atom is 0.0456 e. The van der Waals surface area contributed by atoms with E-state index in [9.17, 15) is 0 Å². The number of para-hydroxylation sites is 2. The predicted octanol–water partition coefficient (Wildman–Crippen LogP) is 4.84. The van der Waals surface area contributed by atoms with Gasteiger partial charge in [0.1, 0.15) is 0 Å². The lowest BCUT2D eigenvalue weighted by molar-refractivity contribution is 0.280. The average Bonchev–Trinajstić information content (AvgIpc) is 3.34. The molecular weight excluding hydrogens is 344 g/mol. The fourth-order valence-corrected chi connectivity index (χ4v) is 4.56. The highest BCUT2D eigenvalue weighted by molar-refractivity contribution is 5.80. The lowest BCUT2D eigenvalue weighted by Gasteiger charge is -2.33. The first kappa shape index (κ1) is 17.5. The van der Waals surface area contributed by atoms with E-state index in [4.69, 9.17) is 0 Å². The van der Waals surface area contributed by atoms with Crippen molar-refractivity contribution in [2.45, 2.75) is 50.9 Å². The summed E-state index contributed by atoms with van der Waals surface area (Å²) in [6.07, 6.45) is 5.11. The Morgan fingerprint density at radius 1 is 0.679 bits per heavy atom. The van der Waals surface area contributed by atoms with Crippen molar-refractivity contribution in [1.29, 1.82) is 0 Å². The van der Waals surface area contributed by atoms with Crippen LogP contribution in [0.4, 0.5) is 0 Å². The first-order valence-corrected chi connectivity index (χ1v) is 10.5. The fourth-order valence-electron chi connectivity index (χ4n) is 4.56. The second kappa shape index (κ2) is 7.82. The van der Waals surface area contributed by atoms with Crippen molar-refractivity contribution in [3.8, 4) is 0 Å². The zero-order valence-corrected chi connectivity index (χ0v) is 16.2. The Bertz CT molecular complexity index is 909. The SMILES string of the molecule is c1ccc2[nH]c(CN[C@@H]3CCCC[C@H]3NCc3cc4ccccc4[nH]3)cc2c1. The van der Waals surface area contributed by atoms with Gasteiger partial charge in [-0.25, -0.2) is 0 Å². The van der Waals surface area contributed by atoms with Gasteiger partial charge in [-0.15, -0.1) is 0 Å². The first-order valence-electron chi connectivity index (χ1n) is 10.5. The molecule has 28 heavy (non-hydrogen) atoms. The van der Waals surface area contributed by atoms with Crippen LogP contribution in [0.5, 0.6) is 0 Å². The van der Waals surface area contributed by atoms with E-state index in [0.29, 0.717) is 12.1 Å². The summed E-state index contributed by atoms with van der Waals surface area (Å²) < 4.78 is 0. The maximum atomic E-state index is 3.81. The van der Waals surface area contributed by atoms with E-state index < -0.39 is 0 Å². The minimum atomic E-state index is 0.518. The van der Waals surface area contributed by atoms with E-state index in [1.165, 1.54) is 58.9 Å². The van der Waals surface area contributed by atoms with Gasteiger partial charge in [-0.2, -0.15) is 0 Å². The summed E-state index contributed by atoms with van der Waals surface area (Å²) in [7, 11) is 0. The normalized spacial score (nSPS) is 20.1. The van der Waals surface area contributed by atoms with Crippen LogP contribution in [0.25, 0.3) is 21.8 Å². The van der Waals surface area contributed by atoms with Crippen molar-refractivity contribution in [3.63, 3.8) is 0 Å². The van der Waals surface area contributed by atoms with E-state index in [1.54, 1.807) is 0 Å². The molecule has 4 heteroatoms. The Hall–Kier alpha value is -2.56. The smallest absolute Gasteiger partial charge is 0.0456 e. The molecule has 4 nitrogen and oxygen atoms in total. The number of hydrogen-bond acceptors (Lipinski definition) is 2. The molecule has 144 valence electrons. The molecule has 1 fully saturated rings. The van der Waals surface area contributed by atoms with Crippen molar-refractivity contribution in [2.24, 2.45) is 0 Å². The van der Waals surface area contributed by atoms with Crippen LogP contribution in [-0.4, -0.2) is 22.1 Å².